The molecule has 4 aliphatic rings. The van der Waals surface area contributed by atoms with Gasteiger partial charge in [-0.1, -0.05) is 101 Å². The van der Waals surface area contributed by atoms with Crippen LogP contribution >= 0.6 is 0 Å². The van der Waals surface area contributed by atoms with E-state index in [4.69, 9.17) is 121 Å². The van der Waals surface area contributed by atoms with E-state index in [9.17, 15) is 0 Å². The van der Waals surface area contributed by atoms with Crippen molar-refractivity contribution in [3.8, 4) is 115 Å². The van der Waals surface area contributed by atoms with Crippen molar-refractivity contribution in [1.29, 1.82) is 0 Å². The highest BCUT2D eigenvalue weighted by Gasteiger charge is 2.26. The highest BCUT2D eigenvalue weighted by molar-refractivity contribution is 5.99. The van der Waals surface area contributed by atoms with Crippen LogP contribution in [0.3, 0.4) is 0 Å². The average molecular weight is 2020 g/mol. The Hall–Kier alpha value is -12.9. The van der Waals surface area contributed by atoms with Crippen LogP contribution in [0.15, 0.2) is 127 Å². The standard InChI is InChI=1S/C120H146N8O20/c1-18-96-99-25-31-109(123-99)115(84-73-92(145-65-61-137-57-53-133-49-45-129-14)80-93(74-84)146-66-62-138-58-54-134-50-46-130-15)111-35-29-103(127-111)98(104-30-36-112(128-104)116(110-32-26-100(96)124-110)85-75-94(147-67-63-139-59-55-135-51-47-131-16)81-95(76-85)148-68-64-140-60-56-136-52-48-132-17)22-21-97-101-27-33-107(125-101)113(82-69-88(141-41-37-117(2,3)4)78-89(70-82)142-42-38-118(5,6)7)105-23-19-86(121-105)77-87-20-24-106(122-87)114(108-34-28-102(97)126-108)83-71-90(143-43-39-119(8,9)10)79-91(72-83)144-44-40-120(11,12)13/h1,19-20,23-36,69-81,121,123,126,128H,37-68H2,2-17H3. The molecule has 0 atom stereocenters. The fourth-order valence-corrected chi connectivity index (χ4v) is 16.3. The Kier molecular flexibility index (Phi) is 41.1. The fourth-order valence-electron chi connectivity index (χ4n) is 16.3. The lowest BCUT2D eigenvalue weighted by atomic mass is 9.93. The van der Waals surface area contributed by atoms with Gasteiger partial charge in [-0.05, 0) is 221 Å². The van der Waals surface area contributed by atoms with E-state index in [2.05, 4.69) is 188 Å². The summed E-state index contributed by atoms with van der Waals surface area (Å²) in [5, 5.41) is 0. The molecule has 0 aliphatic carbocycles. The van der Waals surface area contributed by atoms with Crippen LogP contribution in [0.5, 0.6) is 46.0 Å². The molecule has 6 aromatic heterocycles. The Labute approximate surface area is 870 Å². The number of nitrogens with zero attached hydrogens (tertiary/aromatic N) is 4. The maximum atomic E-state index is 6.77. The van der Waals surface area contributed by atoms with Crippen LogP contribution in [0, 0.1) is 45.8 Å². The number of benzene rings is 4. The molecule has 0 spiro atoms. The molecule has 786 valence electrons. The molecule has 0 amide bonds. The zero-order valence-corrected chi connectivity index (χ0v) is 88.9. The lowest BCUT2D eigenvalue weighted by Crippen LogP contribution is -2.13. The van der Waals surface area contributed by atoms with Crippen LogP contribution < -0.4 is 37.9 Å². The van der Waals surface area contributed by atoms with E-state index >= 15 is 0 Å². The zero-order valence-electron chi connectivity index (χ0n) is 88.9. The Bertz CT molecular complexity index is 6360. The van der Waals surface area contributed by atoms with Gasteiger partial charge >= 0.3 is 0 Å². The molecule has 148 heavy (non-hydrogen) atoms. The van der Waals surface area contributed by atoms with Crippen molar-refractivity contribution in [2.24, 2.45) is 21.7 Å². The first-order valence-electron chi connectivity index (χ1n) is 51.1. The topological polar surface area (TPSA) is 299 Å². The Morgan fingerprint density at radius 2 is 0.453 bits per heavy atom. The minimum atomic E-state index is 0.00831. The molecule has 28 nitrogen and oxygen atoms in total. The number of aromatic nitrogens is 8. The van der Waals surface area contributed by atoms with Gasteiger partial charge in [0.2, 0.25) is 0 Å². The largest absolute Gasteiger partial charge is 0.493 e. The van der Waals surface area contributed by atoms with Gasteiger partial charge < -0.3 is 115 Å². The lowest BCUT2D eigenvalue weighted by Gasteiger charge is -2.20. The Balaban J connectivity index is 1.04. The predicted octanol–water partition coefficient (Wildman–Crippen LogP) is 23.2. The Morgan fingerprint density at radius 3 is 0.730 bits per heavy atom. The average Bonchev–Trinajstić information content (AvgIpc) is 1.62. The zero-order chi connectivity index (χ0) is 104. The molecule has 0 radical (unpaired) electrons. The van der Waals surface area contributed by atoms with Gasteiger partial charge in [-0.2, -0.15) is 0 Å². The minimum Gasteiger partial charge on any atom is -0.493 e. The molecule has 4 aliphatic heterocycles. The number of nitrogens with one attached hydrogen (secondary N) is 4. The first-order valence-corrected chi connectivity index (χ1v) is 51.1. The van der Waals surface area contributed by atoms with Gasteiger partial charge in [0, 0.05) is 103 Å². The van der Waals surface area contributed by atoms with Gasteiger partial charge in [-0.15, -0.1) is 6.42 Å². The third-order valence-corrected chi connectivity index (χ3v) is 24.1. The van der Waals surface area contributed by atoms with E-state index in [1.54, 1.807) is 28.4 Å². The van der Waals surface area contributed by atoms with Gasteiger partial charge in [0.05, 0.1) is 237 Å². The summed E-state index contributed by atoms with van der Waals surface area (Å²) < 4.78 is 121. The van der Waals surface area contributed by atoms with Gasteiger partial charge in [-0.25, -0.2) is 19.9 Å². The van der Waals surface area contributed by atoms with E-state index in [0.29, 0.717) is 285 Å². The van der Waals surface area contributed by atoms with Crippen molar-refractivity contribution < 1.29 is 94.7 Å². The molecule has 4 N–H and O–H groups in total. The second-order valence-corrected chi connectivity index (χ2v) is 40.9. The quantitative estimate of drug-likeness (QED) is 0.0203. The third-order valence-electron chi connectivity index (χ3n) is 24.1. The van der Waals surface area contributed by atoms with Gasteiger partial charge in [0.1, 0.15) is 72.4 Å². The summed E-state index contributed by atoms with van der Waals surface area (Å²) >= 11 is 0. The van der Waals surface area contributed by atoms with Crippen LogP contribution in [-0.2, 0) is 56.8 Å². The molecular formula is C120H146N8O20. The van der Waals surface area contributed by atoms with Gasteiger partial charge in [0.25, 0.3) is 0 Å². The molecule has 10 heterocycles. The van der Waals surface area contributed by atoms with Crippen molar-refractivity contribution >= 4 is 92.7 Å². The van der Waals surface area contributed by atoms with E-state index in [1.165, 1.54) is 0 Å². The number of terminal acetylenes is 1. The number of rotatable bonds is 56. The molecule has 0 saturated heterocycles. The second kappa shape index (κ2) is 54.9. The lowest BCUT2D eigenvalue weighted by molar-refractivity contribution is 0.0174. The summed E-state index contributed by atoms with van der Waals surface area (Å²) in [5.74, 6) is 15.4. The number of hydrogen-bond acceptors (Lipinski definition) is 24. The number of ether oxygens (including phenoxy) is 20. The SMILES string of the molecule is C#Cc1c2nc(c(-c3cc(OCCOCCOCCOC)cc(OCCOCCOCCOC)c3)c3ccc([nH]3)c(C#Cc3c4nc(c(-c5cc(OCCC(C)(C)C)cc(OCCC(C)(C)C)c5)c5ccc(cc6nc(c(-c7cc(OCCC(C)(C)C)cc(OCCC(C)(C)C)c7)c7ccc3[nH]7)C=C6)[nH]5)C=C4)c3nc(c(-c4cc(OCCOCCOCCOC)cc(OCCOCCOCCOC)c4)c4ccc1[nH]4)C=C3)C=C2. The minimum absolute atomic E-state index is 0.00831. The first-order chi connectivity index (χ1) is 71.6. The normalized spacial score (nSPS) is 12.4. The van der Waals surface area contributed by atoms with Gasteiger partial charge in [0.15, 0.2) is 0 Å². The van der Waals surface area contributed by atoms with Crippen molar-refractivity contribution in [3.05, 3.63) is 190 Å². The third kappa shape index (κ3) is 33.8. The van der Waals surface area contributed by atoms with E-state index in [1.807, 2.05) is 109 Å². The Morgan fingerprint density at radius 1 is 0.230 bits per heavy atom. The van der Waals surface area contributed by atoms with E-state index in [-0.39, 0.29) is 74.5 Å². The van der Waals surface area contributed by atoms with Crippen molar-refractivity contribution in [1.82, 2.24) is 39.9 Å². The van der Waals surface area contributed by atoms with Crippen molar-refractivity contribution in [3.63, 3.8) is 0 Å². The number of hydrogen-bond donors (Lipinski definition) is 4. The molecule has 0 saturated carbocycles. The number of fused-ring (bicyclic) bond motifs is 16. The monoisotopic (exact) mass is 2020 g/mol. The molecule has 0 fully saturated rings. The predicted molar refractivity (Wildman–Crippen MR) is 588 cm³/mol. The summed E-state index contributed by atoms with van der Waals surface area (Å²) in [7, 11) is 6.57. The smallest absolute Gasteiger partial charge is 0.123 e. The molecular weight excluding hydrogens is 1870 g/mol. The maximum Gasteiger partial charge on any atom is 0.123 e. The maximum absolute atomic E-state index is 6.77. The van der Waals surface area contributed by atoms with Crippen LogP contribution in [0.1, 0.15) is 171 Å². The van der Waals surface area contributed by atoms with Gasteiger partial charge in [-0.3, -0.25) is 0 Å². The summed E-state index contributed by atoms with van der Waals surface area (Å²) in [6, 6.07) is 42.3. The summed E-state index contributed by atoms with van der Waals surface area (Å²) in [4.78, 5) is 38.1. The number of H-pyrrole nitrogens is 4. The summed E-state index contributed by atoms with van der Waals surface area (Å²) in [5.41, 5.74) is 17.7. The summed E-state index contributed by atoms with van der Waals surface area (Å²) in [6.07, 6.45) is 26.1. The van der Waals surface area contributed by atoms with Crippen LogP contribution in [0.25, 0.3) is 137 Å². The summed E-state index contributed by atoms with van der Waals surface area (Å²) in [6.45, 7) is 37.2. The molecule has 14 rings (SSSR count). The van der Waals surface area contributed by atoms with Crippen molar-refractivity contribution in [2.45, 2.75) is 109 Å². The van der Waals surface area contributed by atoms with Crippen LogP contribution in [-0.4, -0.2) is 253 Å². The van der Waals surface area contributed by atoms with E-state index < -0.39 is 0 Å². The highest BCUT2D eigenvalue weighted by Crippen LogP contribution is 2.44. The molecule has 4 aromatic carbocycles. The van der Waals surface area contributed by atoms with Crippen LogP contribution in [0.4, 0.5) is 0 Å². The molecule has 16 bridgehead atoms. The number of methoxy groups -OCH3 is 4. The highest BCUT2D eigenvalue weighted by atomic mass is 16.6. The molecule has 0 unspecified atom stereocenters. The van der Waals surface area contributed by atoms with E-state index in [0.717, 1.165) is 70.2 Å². The molecule has 10 aromatic rings. The molecule has 28 heteroatoms. The second-order valence-electron chi connectivity index (χ2n) is 40.9. The van der Waals surface area contributed by atoms with Crippen LogP contribution in [0.2, 0.25) is 0 Å². The number of aromatic amines is 4. The first kappa shape index (κ1) is 111. The van der Waals surface area contributed by atoms with Crippen molar-refractivity contribution in [2.75, 3.05) is 213 Å². The fraction of sp³-hybridized carbons (Fsp3) is 0.433.